The first-order valence-corrected chi connectivity index (χ1v) is 33.2. The molecular weight excluding hydrogens is 1210 g/mol. The molecule has 0 bridgehead atoms. The Kier molecular flexibility index (Phi) is 28.0. The van der Waals surface area contributed by atoms with E-state index in [4.69, 9.17) is 52.7 Å². The molecule has 1 aromatic heterocycles. The van der Waals surface area contributed by atoms with E-state index in [1.807, 2.05) is 29.3 Å². The quantitative estimate of drug-likeness (QED) is 0.00677. The van der Waals surface area contributed by atoms with Crippen molar-refractivity contribution < 1.29 is 76.2 Å². The number of rotatable bonds is 36. The van der Waals surface area contributed by atoms with Gasteiger partial charge in [0.25, 0.3) is 0 Å². The minimum atomic E-state index is -0.691. The third-order valence-corrected chi connectivity index (χ3v) is 17.0. The molecule has 93 heavy (non-hydrogen) atoms. The van der Waals surface area contributed by atoms with E-state index in [-0.39, 0.29) is 40.6 Å². The van der Waals surface area contributed by atoms with Gasteiger partial charge in [-0.15, -0.1) is 0 Å². The van der Waals surface area contributed by atoms with Crippen molar-refractivity contribution in [2.24, 2.45) is 16.9 Å². The second-order valence-corrected chi connectivity index (χ2v) is 23.9. The Bertz CT molecular complexity index is 3430. The fourth-order valence-electron chi connectivity index (χ4n) is 10.6. The number of hydrogen-bond donors (Lipinski definition) is 0. The minimum Gasteiger partial charge on any atom is -0.494 e. The number of hydrogen-bond acceptors (Lipinski definition) is 20. The molecule has 0 aliphatic heterocycles. The van der Waals surface area contributed by atoms with E-state index >= 15 is 0 Å². The van der Waals surface area contributed by atoms with Gasteiger partial charge < -0.3 is 42.6 Å². The number of fused-ring (bicyclic) bond motifs is 1. The molecule has 1 heterocycles. The Morgan fingerprint density at radius 1 is 0.516 bits per heavy atom. The van der Waals surface area contributed by atoms with Crippen molar-refractivity contribution in [3.8, 4) is 28.7 Å². The van der Waals surface area contributed by atoms with Crippen LogP contribution >= 0.6 is 11.3 Å². The van der Waals surface area contributed by atoms with E-state index in [0.29, 0.717) is 118 Å². The lowest BCUT2D eigenvalue weighted by Gasteiger charge is -2.27. The first kappa shape index (κ1) is 69.7. The smallest absolute Gasteiger partial charge is 0.343 e. The van der Waals surface area contributed by atoms with Gasteiger partial charge >= 0.3 is 41.8 Å². The number of ether oxygens (including phenoxy) is 9. The van der Waals surface area contributed by atoms with Crippen LogP contribution in [0.4, 0.5) is 5.13 Å². The maximum absolute atomic E-state index is 14.2. The highest BCUT2D eigenvalue weighted by Crippen LogP contribution is 2.33. The van der Waals surface area contributed by atoms with Gasteiger partial charge in [0.05, 0.1) is 71.4 Å². The Labute approximate surface area is 547 Å². The number of carbonyl (C=O) groups is 7. The number of nitrogens with zero attached hydrogens (tertiary/aromatic N) is 3. The fourth-order valence-corrected chi connectivity index (χ4v) is 11.6. The van der Waals surface area contributed by atoms with Crippen LogP contribution < -0.4 is 28.7 Å². The lowest BCUT2D eigenvalue weighted by atomic mass is 9.87. The summed E-state index contributed by atoms with van der Waals surface area (Å²) in [5, 5.41) is 7.42. The number of benzene rings is 5. The number of aromatic nitrogens is 1. The number of carbonyl (C=O) groups excluding carboxylic acids is 7. The Morgan fingerprint density at radius 3 is 1.53 bits per heavy atom. The summed E-state index contributed by atoms with van der Waals surface area (Å²) in [6, 6.07) is 32.3. The lowest BCUT2D eigenvalue weighted by molar-refractivity contribution is -0.141. The zero-order valence-corrected chi connectivity index (χ0v) is 53.7. The number of thiazole rings is 1. The van der Waals surface area contributed by atoms with Crippen LogP contribution in [0.25, 0.3) is 10.2 Å². The molecule has 0 unspecified atom stereocenters. The van der Waals surface area contributed by atoms with Crippen LogP contribution in [0.5, 0.6) is 28.7 Å². The van der Waals surface area contributed by atoms with Crippen LogP contribution in [0.1, 0.15) is 172 Å². The minimum absolute atomic E-state index is 0.143. The molecule has 5 aromatic carbocycles. The second-order valence-electron chi connectivity index (χ2n) is 22.9. The van der Waals surface area contributed by atoms with Gasteiger partial charge in [-0.3, -0.25) is 9.59 Å². The largest absolute Gasteiger partial charge is 0.494 e. The maximum Gasteiger partial charge on any atom is 0.343 e. The Balaban J connectivity index is 0.819. The van der Waals surface area contributed by atoms with Crippen molar-refractivity contribution in [2.45, 2.75) is 148 Å². The third-order valence-electron chi connectivity index (χ3n) is 16.0. The first-order chi connectivity index (χ1) is 45.3. The summed E-state index contributed by atoms with van der Waals surface area (Å²) < 4.78 is 52.0. The van der Waals surface area contributed by atoms with E-state index in [0.717, 1.165) is 99.4 Å². The van der Waals surface area contributed by atoms with Gasteiger partial charge in [-0.1, -0.05) is 62.8 Å². The molecule has 19 nitrogen and oxygen atoms in total. The summed E-state index contributed by atoms with van der Waals surface area (Å²) >= 11 is 1.51. The molecule has 2 fully saturated rings. The molecule has 0 saturated heterocycles. The fraction of sp³-hybridized carbons (Fsp3) is 0.411. The molecule has 492 valence electrons. The molecule has 0 atom stereocenters. The Hall–Kier alpha value is -9.17. The molecule has 6 aromatic rings. The summed E-state index contributed by atoms with van der Waals surface area (Å²) in [4.78, 5) is 94.8. The summed E-state index contributed by atoms with van der Waals surface area (Å²) in [7, 11) is 0. The monoisotopic (exact) mass is 1290 g/mol. The van der Waals surface area contributed by atoms with Crippen LogP contribution in [-0.2, 0) is 38.1 Å². The van der Waals surface area contributed by atoms with Gasteiger partial charge in [-0.2, -0.15) is 5.10 Å². The van der Waals surface area contributed by atoms with E-state index < -0.39 is 47.8 Å². The highest BCUT2D eigenvalue weighted by atomic mass is 32.1. The van der Waals surface area contributed by atoms with Crippen molar-refractivity contribution in [3.63, 3.8) is 0 Å². The highest BCUT2D eigenvalue weighted by molar-refractivity contribution is 7.22. The number of esters is 7. The van der Waals surface area contributed by atoms with Crippen molar-refractivity contribution in [1.29, 1.82) is 0 Å². The molecule has 2 aliphatic carbocycles. The maximum atomic E-state index is 14.2. The summed E-state index contributed by atoms with van der Waals surface area (Å²) in [6.07, 6.45) is 17.6. The molecule has 0 radical (unpaired) electrons. The van der Waals surface area contributed by atoms with Crippen LogP contribution in [0.2, 0.25) is 0 Å². The highest BCUT2D eigenvalue weighted by Gasteiger charge is 2.32. The third kappa shape index (κ3) is 22.9. The van der Waals surface area contributed by atoms with Crippen molar-refractivity contribution in [1.82, 2.24) is 4.98 Å². The van der Waals surface area contributed by atoms with Gasteiger partial charge in [0.2, 0.25) is 5.13 Å². The summed E-state index contributed by atoms with van der Waals surface area (Å²) in [5.74, 6) is -2.04. The molecule has 20 heteroatoms. The van der Waals surface area contributed by atoms with Gasteiger partial charge in [-0.25, -0.2) is 34.0 Å². The van der Waals surface area contributed by atoms with Gasteiger partial charge in [0.15, 0.2) is 0 Å². The molecule has 2 saturated carbocycles. The lowest BCUT2D eigenvalue weighted by Crippen LogP contribution is -2.30. The average molecular weight is 1290 g/mol. The number of unbranched alkanes of at least 4 members (excludes halogenated alkanes) is 9. The standard InChI is InChI=1S/C73H83N3O16S/c1-4-7-8-15-44-76(73-75-64-20-13-14-21-65(64)93-73)74-50-55-49-62(42-43-63(55)72(83)91-60-36-28-53(29-37-60)70(81)90-61-40-38-57(39-41-61)85-46-17-10-12-19-48-87-67(78)6-3)92-71(82)54-26-34-59(35-27-54)89-69(80)52-24-32-58(33-25-52)88-68(79)51-22-30-56(31-23-51)84-45-16-9-11-18-47-86-66(77)5-2/h5-6,13-14,20-23,26-27,30-31,34-35,38-43,49-50,52-53,58,60H,2-4,7-12,15-19,24-25,28-29,32-33,36-37,44-48H2,1H3/b74-50+/t52-,53-,58-,60-. The van der Waals surface area contributed by atoms with Crippen LogP contribution in [0.3, 0.4) is 0 Å². The first-order valence-electron chi connectivity index (χ1n) is 32.4. The van der Waals surface area contributed by atoms with E-state index in [1.165, 1.54) is 41.7 Å². The predicted molar refractivity (Wildman–Crippen MR) is 353 cm³/mol. The van der Waals surface area contributed by atoms with Crippen molar-refractivity contribution in [2.75, 3.05) is 38.0 Å². The number of hydrazone groups is 1. The zero-order valence-electron chi connectivity index (χ0n) is 52.9. The van der Waals surface area contributed by atoms with E-state index in [2.05, 4.69) is 20.1 Å². The van der Waals surface area contributed by atoms with Gasteiger partial charge in [0, 0.05) is 24.3 Å². The molecule has 2 aliphatic rings. The average Bonchev–Trinajstić information content (AvgIpc) is 1.90. The predicted octanol–water partition coefficient (Wildman–Crippen LogP) is 14.9. The molecule has 0 N–H and O–H groups in total. The Morgan fingerprint density at radius 2 is 0.989 bits per heavy atom. The molecule has 8 rings (SSSR count). The second kappa shape index (κ2) is 37.4. The number of anilines is 1. The SMILES string of the molecule is C=CC(=O)OCCCCCCOc1ccc(OC(=O)[C@H]2CC[C@H](OC(=O)c3ccc(OC(=O)c4ccc(OC(=O)[C@H]5CC[C@H](OC(=O)c6ccc(OCCCCCCOC(=O)C=C)cc6)CC5)cc4)cc3/C=N/N(CCCCCC)c3nc4ccccc4s3)CC2)cc1. The van der Waals surface area contributed by atoms with Crippen LogP contribution in [0.15, 0.2) is 146 Å². The topological polar surface area (TPSA) is 231 Å². The number of para-hydroxylation sites is 1. The normalized spacial score (nSPS) is 16.1. The summed E-state index contributed by atoms with van der Waals surface area (Å²) in [5.41, 5.74) is 1.97. The van der Waals surface area contributed by atoms with E-state index in [1.54, 1.807) is 66.9 Å². The van der Waals surface area contributed by atoms with Gasteiger partial charge in [0.1, 0.15) is 41.0 Å². The van der Waals surface area contributed by atoms with E-state index in [9.17, 15) is 33.6 Å². The van der Waals surface area contributed by atoms with Crippen LogP contribution in [0, 0.1) is 11.8 Å². The van der Waals surface area contributed by atoms with Crippen molar-refractivity contribution in [3.05, 3.63) is 163 Å². The van der Waals surface area contributed by atoms with Gasteiger partial charge in [-0.05, 0) is 212 Å². The zero-order chi connectivity index (χ0) is 65.6. The van der Waals surface area contributed by atoms with Crippen LogP contribution in [-0.4, -0.2) is 98.2 Å². The molecule has 0 amide bonds. The summed E-state index contributed by atoms with van der Waals surface area (Å²) in [6.45, 7) is 11.3. The molecule has 0 spiro atoms. The molecular formula is C73H83N3O16S. The van der Waals surface area contributed by atoms with Crippen molar-refractivity contribution >= 4 is 74.7 Å².